The molecule has 134 valence electrons. The monoisotopic (exact) mass is 326 g/mol. The van der Waals surface area contributed by atoms with Crippen LogP contribution in [0.2, 0.25) is 0 Å². The molecule has 1 fully saturated rings. The molecule has 0 heterocycles. The third kappa shape index (κ3) is 7.23. The second-order valence-corrected chi connectivity index (χ2v) is 8.75. The maximum Gasteiger partial charge on any atom is 0.408 e. The Morgan fingerprint density at radius 1 is 0.957 bits per heavy atom. The number of nitrogens with one attached hydrogen (secondary N) is 2. The zero-order valence-electron chi connectivity index (χ0n) is 15.7. The third-order valence-electron chi connectivity index (χ3n) is 4.10. The van der Waals surface area contributed by atoms with Crippen molar-refractivity contribution in [3.63, 3.8) is 0 Å². The van der Waals surface area contributed by atoms with Crippen molar-refractivity contribution in [2.45, 2.75) is 91.2 Å². The molecule has 0 spiro atoms. The van der Waals surface area contributed by atoms with Crippen LogP contribution in [0, 0.1) is 5.41 Å². The molecule has 0 atom stereocenters. The average molecular weight is 326 g/mol. The van der Waals surface area contributed by atoms with Crippen molar-refractivity contribution < 1.29 is 14.3 Å². The first-order chi connectivity index (χ1) is 10.4. The van der Waals surface area contributed by atoms with Gasteiger partial charge in [-0.2, -0.15) is 0 Å². The predicted octanol–water partition coefficient (Wildman–Crippen LogP) is 3.77. The van der Waals surface area contributed by atoms with Crippen molar-refractivity contribution in [2.75, 3.05) is 6.54 Å². The fourth-order valence-corrected chi connectivity index (χ4v) is 2.79. The van der Waals surface area contributed by atoms with Crippen molar-refractivity contribution in [1.29, 1.82) is 0 Å². The Hall–Kier alpha value is -1.26. The van der Waals surface area contributed by atoms with E-state index in [1.165, 1.54) is 12.8 Å². The first kappa shape index (κ1) is 19.8. The Morgan fingerprint density at radius 3 is 1.91 bits per heavy atom. The Kier molecular flexibility index (Phi) is 6.49. The van der Waals surface area contributed by atoms with E-state index in [4.69, 9.17) is 4.74 Å². The van der Waals surface area contributed by atoms with Gasteiger partial charge >= 0.3 is 6.09 Å². The number of rotatable bonds is 3. The number of alkyl carbamates (subject to hydrolysis) is 1. The Balaban J connectivity index is 2.77. The topological polar surface area (TPSA) is 67.4 Å². The summed E-state index contributed by atoms with van der Waals surface area (Å²) in [6.07, 6.45) is 5.80. The van der Waals surface area contributed by atoms with Gasteiger partial charge in [0.15, 0.2) is 0 Å². The molecule has 0 bridgehead atoms. The van der Waals surface area contributed by atoms with E-state index in [2.05, 4.69) is 10.6 Å². The molecule has 1 aliphatic carbocycles. The number of ether oxygens (including phenoxy) is 1. The van der Waals surface area contributed by atoms with Crippen molar-refractivity contribution in [3.05, 3.63) is 0 Å². The summed E-state index contributed by atoms with van der Waals surface area (Å²) < 4.78 is 5.42. The molecule has 0 aliphatic heterocycles. The molecule has 1 rings (SSSR count). The van der Waals surface area contributed by atoms with Gasteiger partial charge in [-0.1, -0.05) is 46.5 Å². The van der Waals surface area contributed by atoms with Gasteiger partial charge in [0.2, 0.25) is 5.91 Å². The standard InChI is InChI=1S/C18H34N2O3/c1-16(2,3)14(21)19-13-18(11-9-7-8-10-12-18)20-15(22)23-17(4,5)6/h7-13H2,1-6H3,(H,19,21)(H,20,22). The molecule has 0 saturated heterocycles. The van der Waals surface area contributed by atoms with Crippen LogP contribution in [0.1, 0.15) is 80.1 Å². The Morgan fingerprint density at radius 2 is 1.48 bits per heavy atom. The second-order valence-electron chi connectivity index (χ2n) is 8.75. The molecule has 1 saturated carbocycles. The summed E-state index contributed by atoms with van der Waals surface area (Å²) in [5.74, 6) is 0.00658. The van der Waals surface area contributed by atoms with Crippen LogP contribution >= 0.6 is 0 Å². The maximum absolute atomic E-state index is 12.2. The maximum atomic E-state index is 12.2. The van der Waals surface area contributed by atoms with E-state index in [9.17, 15) is 9.59 Å². The second kappa shape index (κ2) is 7.54. The van der Waals surface area contributed by atoms with Gasteiger partial charge in [-0.3, -0.25) is 4.79 Å². The van der Waals surface area contributed by atoms with Gasteiger partial charge in [0, 0.05) is 12.0 Å². The molecule has 23 heavy (non-hydrogen) atoms. The van der Waals surface area contributed by atoms with Crippen LogP contribution in [0.5, 0.6) is 0 Å². The molecule has 2 amide bonds. The lowest BCUT2D eigenvalue weighted by Crippen LogP contribution is -2.57. The molecule has 5 nitrogen and oxygen atoms in total. The Labute approximate surface area is 140 Å². The van der Waals surface area contributed by atoms with Crippen LogP contribution in [-0.2, 0) is 9.53 Å². The number of carbonyl (C=O) groups is 2. The summed E-state index contributed by atoms with van der Waals surface area (Å²) in [6, 6.07) is 0. The van der Waals surface area contributed by atoms with Gasteiger partial charge in [0.05, 0.1) is 5.54 Å². The van der Waals surface area contributed by atoms with Gasteiger partial charge < -0.3 is 15.4 Å². The Bertz CT molecular complexity index is 411. The van der Waals surface area contributed by atoms with Crippen LogP contribution in [0.25, 0.3) is 0 Å². The number of amides is 2. The van der Waals surface area contributed by atoms with Gasteiger partial charge in [0.25, 0.3) is 0 Å². The van der Waals surface area contributed by atoms with E-state index in [1.54, 1.807) is 0 Å². The van der Waals surface area contributed by atoms with E-state index in [0.717, 1.165) is 25.7 Å². The molecule has 0 aromatic carbocycles. The van der Waals surface area contributed by atoms with E-state index in [-0.39, 0.29) is 5.91 Å². The molecule has 0 unspecified atom stereocenters. The highest BCUT2D eigenvalue weighted by molar-refractivity contribution is 5.81. The SMILES string of the molecule is CC(C)(C)OC(=O)NC1(CNC(=O)C(C)(C)C)CCCCCC1. The first-order valence-electron chi connectivity index (χ1n) is 8.73. The fraction of sp³-hybridized carbons (Fsp3) is 0.889. The smallest absolute Gasteiger partial charge is 0.408 e. The van der Waals surface area contributed by atoms with Gasteiger partial charge in [0.1, 0.15) is 5.60 Å². The first-order valence-corrected chi connectivity index (χ1v) is 8.73. The van der Waals surface area contributed by atoms with Crippen LogP contribution in [0.15, 0.2) is 0 Å². The summed E-state index contributed by atoms with van der Waals surface area (Å²) in [5.41, 5.74) is -1.36. The van der Waals surface area contributed by atoms with Crippen LogP contribution in [-0.4, -0.2) is 29.7 Å². The van der Waals surface area contributed by atoms with Crippen molar-refractivity contribution in [2.24, 2.45) is 5.41 Å². The zero-order valence-corrected chi connectivity index (χ0v) is 15.7. The molecular weight excluding hydrogens is 292 g/mol. The third-order valence-corrected chi connectivity index (χ3v) is 4.10. The highest BCUT2D eigenvalue weighted by Gasteiger charge is 2.35. The van der Waals surface area contributed by atoms with Crippen molar-refractivity contribution >= 4 is 12.0 Å². The van der Waals surface area contributed by atoms with Crippen molar-refractivity contribution in [1.82, 2.24) is 10.6 Å². The van der Waals surface area contributed by atoms with Gasteiger partial charge in [-0.15, -0.1) is 0 Å². The number of carbonyl (C=O) groups excluding carboxylic acids is 2. The summed E-state index contributed by atoms with van der Waals surface area (Å²) in [4.78, 5) is 24.4. The predicted molar refractivity (Wildman–Crippen MR) is 92.3 cm³/mol. The lowest BCUT2D eigenvalue weighted by atomic mass is 9.89. The van der Waals surface area contributed by atoms with Gasteiger partial charge in [-0.25, -0.2) is 4.79 Å². The van der Waals surface area contributed by atoms with Crippen LogP contribution in [0.4, 0.5) is 4.79 Å². The summed E-state index contributed by atoms with van der Waals surface area (Å²) in [5, 5.41) is 6.08. The van der Waals surface area contributed by atoms with E-state index in [1.807, 2.05) is 41.5 Å². The van der Waals surface area contributed by atoms with Crippen LogP contribution in [0.3, 0.4) is 0 Å². The molecule has 0 radical (unpaired) electrons. The fourth-order valence-electron chi connectivity index (χ4n) is 2.79. The molecule has 1 aliphatic rings. The lowest BCUT2D eigenvalue weighted by Gasteiger charge is -2.35. The average Bonchev–Trinajstić information content (AvgIpc) is 2.58. The van der Waals surface area contributed by atoms with Crippen molar-refractivity contribution in [3.8, 4) is 0 Å². The molecule has 0 aromatic rings. The minimum absolute atomic E-state index is 0.00658. The largest absolute Gasteiger partial charge is 0.444 e. The minimum atomic E-state index is -0.523. The van der Waals surface area contributed by atoms with Gasteiger partial charge in [-0.05, 0) is 33.6 Å². The van der Waals surface area contributed by atoms with E-state index < -0.39 is 22.6 Å². The van der Waals surface area contributed by atoms with E-state index >= 15 is 0 Å². The van der Waals surface area contributed by atoms with E-state index in [0.29, 0.717) is 6.54 Å². The highest BCUT2D eigenvalue weighted by atomic mass is 16.6. The highest BCUT2D eigenvalue weighted by Crippen LogP contribution is 2.27. The summed E-state index contributed by atoms with van der Waals surface area (Å²) >= 11 is 0. The summed E-state index contributed by atoms with van der Waals surface area (Å²) in [6.45, 7) is 11.7. The molecule has 5 heteroatoms. The zero-order chi connectivity index (χ0) is 17.7. The molecular formula is C18H34N2O3. The number of hydrogen-bond acceptors (Lipinski definition) is 3. The lowest BCUT2D eigenvalue weighted by molar-refractivity contribution is -0.128. The molecule has 2 N–H and O–H groups in total. The minimum Gasteiger partial charge on any atom is -0.444 e. The quantitative estimate of drug-likeness (QED) is 0.776. The number of hydrogen-bond donors (Lipinski definition) is 2. The normalized spacial score (nSPS) is 18.7. The van der Waals surface area contributed by atoms with Crippen LogP contribution < -0.4 is 10.6 Å². The molecule has 0 aromatic heterocycles. The summed E-state index contributed by atoms with van der Waals surface area (Å²) in [7, 11) is 0.